The number of rotatable bonds is 7. The van der Waals surface area contributed by atoms with Crippen LogP contribution in [-0.4, -0.2) is 17.6 Å². The molecule has 25 heavy (non-hydrogen) atoms. The average Bonchev–Trinajstić information content (AvgIpc) is 2.58. The first-order chi connectivity index (χ1) is 11.8. The summed E-state index contributed by atoms with van der Waals surface area (Å²) in [4.78, 5) is 10.9. The summed E-state index contributed by atoms with van der Waals surface area (Å²) in [5, 5.41) is 12.2. The number of benzene rings is 2. The van der Waals surface area contributed by atoms with E-state index in [4.69, 9.17) is 5.11 Å². The van der Waals surface area contributed by atoms with E-state index in [1.807, 2.05) is 13.0 Å². The van der Waals surface area contributed by atoms with E-state index in [1.165, 1.54) is 18.2 Å². The SMILES string of the molecule is CC(CCNCc1cccc(C(=O)O)c1)c1cccc(C(F)(F)F)c1. The van der Waals surface area contributed by atoms with Gasteiger partial charge in [0.1, 0.15) is 0 Å². The minimum absolute atomic E-state index is 0.0137. The van der Waals surface area contributed by atoms with E-state index in [9.17, 15) is 18.0 Å². The van der Waals surface area contributed by atoms with E-state index in [1.54, 1.807) is 18.2 Å². The molecule has 0 bridgehead atoms. The number of hydrogen-bond donors (Lipinski definition) is 2. The van der Waals surface area contributed by atoms with Gasteiger partial charge in [-0.25, -0.2) is 4.79 Å². The van der Waals surface area contributed by atoms with Crippen molar-refractivity contribution in [2.45, 2.75) is 32.0 Å². The monoisotopic (exact) mass is 351 g/mol. The highest BCUT2D eigenvalue weighted by Gasteiger charge is 2.30. The number of carbonyl (C=O) groups is 1. The van der Waals surface area contributed by atoms with E-state index in [0.717, 1.165) is 11.6 Å². The third kappa shape index (κ3) is 5.60. The molecule has 2 N–H and O–H groups in total. The average molecular weight is 351 g/mol. The smallest absolute Gasteiger partial charge is 0.416 e. The first kappa shape index (κ1) is 19.0. The maximum atomic E-state index is 12.8. The second kappa shape index (κ2) is 8.16. The molecule has 0 amide bonds. The molecule has 3 nitrogen and oxygen atoms in total. The number of aromatic carboxylic acids is 1. The second-order valence-electron chi connectivity index (χ2n) is 6.00. The summed E-state index contributed by atoms with van der Waals surface area (Å²) >= 11 is 0. The van der Waals surface area contributed by atoms with Crippen LogP contribution in [0.2, 0.25) is 0 Å². The zero-order valence-corrected chi connectivity index (χ0v) is 13.8. The van der Waals surface area contributed by atoms with Crippen LogP contribution >= 0.6 is 0 Å². The van der Waals surface area contributed by atoms with Crippen LogP contribution in [0.15, 0.2) is 48.5 Å². The van der Waals surface area contributed by atoms with Gasteiger partial charge in [-0.1, -0.05) is 37.3 Å². The number of halogens is 3. The number of carboxylic acid groups (broad SMARTS) is 1. The van der Waals surface area contributed by atoms with E-state index in [0.29, 0.717) is 25.1 Å². The standard InChI is InChI=1S/C19H20F3NO2/c1-13(15-5-3-7-17(11-15)19(20,21)22)8-9-23-12-14-4-2-6-16(10-14)18(24)25/h2-7,10-11,13,23H,8-9,12H2,1H3,(H,24,25). The van der Waals surface area contributed by atoms with Gasteiger partial charge in [0.15, 0.2) is 0 Å². The van der Waals surface area contributed by atoms with Crippen LogP contribution < -0.4 is 5.32 Å². The Hall–Kier alpha value is -2.34. The molecule has 1 unspecified atom stereocenters. The molecule has 0 aliphatic heterocycles. The van der Waals surface area contributed by atoms with Gasteiger partial charge in [-0.3, -0.25) is 0 Å². The van der Waals surface area contributed by atoms with Crippen molar-refractivity contribution in [3.63, 3.8) is 0 Å². The lowest BCUT2D eigenvalue weighted by molar-refractivity contribution is -0.137. The predicted octanol–water partition coefficient (Wildman–Crippen LogP) is 4.69. The molecule has 0 saturated heterocycles. The van der Waals surface area contributed by atoms with Crippen molar-refractivity contribution in [2.24, 2.45) is 0 Å². The number of hydrogen-bond acceptors (Lipinski definition) is 2. The number of nitrogens with one attached hydrogen (secondary N) is 1. The molecule has 1 atom stereocenters. The van der Waals surface area contributed by atoms with Crippen LogP contribution in [0.5, 0.6) is 0 Å². The van der Waals surface area contributed by atoms with Gasteiger partial charge in [-0.05, 0) is 48.2 Å². The summed E-state index contributed by atoms with van der Waals surface area (Å²) in [6.45, 7) is 3.02. The number of carboxylic acids is 1. The van der Waals surface area contributed by atoms with Crippen LogP contribution in [0.3, 0.4) is 0 Å². The van der Waals surface area contributed by atoms with Crippen molar-refractivity contribution < 1.29 is 23.1 Å². The summed E-state index contributed by atoms with van der Waals surface area (Å²) < 4.78 is 38.3. The van der Waals surface area contributed by atoms with Crippen LogP contribution in [0.4, 0.5) is 13.2 Å². The highest BCUT2D eigenvalue weighted by atomic mass is 19.4. The minimum Gasteiger partial charge on any atom is -0.478 e. The Morgan fingerprint density at radius 2 is 1.88 bits per heavy atom. The Balaban J connectivity index is 1.86. The molecule has 0 heterocycles. The molecule has 2 aromatic rings. The van der Waals surface area contributed by atoms with Crippen LogP contribution in [0.25, 0.3) is 0 Å². The first-order valence-electron chi connectivity index (χ1n) is 7.97. The predicted molar refractivity (Wildman–Crippen MR) is 89.6 cm³/mol. The Kier molecular flexibility index (Phi) is 6.20. The van der Waals surface area contributed by atoms with E-state index in [-0.39, 0.29) is 11.5 Å². The molecule has 0 saturated carbocycles. The molecular formula is C19H20F3NO2. The van der Waals surface area contributed by atoms with Crippen LogP contribution in [-0.2, 0) is 12.7 Å². The van der Waals surface area contributed by atoms with Crippen molar-refractivity contribution in [2.75, 3.05) is 6.54 Å². The van der Waals surface area contributed by atoms with Gasteiger partial charge in [0.05, 0.1) is 11.1 Å². The van der Waals surface area contributed by atoms with E-state index in [2.05, 4.69) is 5.32 Å². The van der Waals surface area contributed by atoms with Gasteiger partial charge in [0, 0.05) is 6.54 Å². The molecular weight excluding hydrogens is 331 g/mol. The topological polar surface area (TPSA) is 49.3 Å². The van der Waals surface area contributed by atoms with E-state index < -0.39 is 17.7 Å². The molecule has 2 aromatic carbocycles. The Morgan fingerprint density at radius 1 is 1.16 bits per heavy atom. The fourth-order valence-corrected chi connectivity index (χ4v) is 2.55. The van der Waals surface area contributed by atoms with Crippen LogP contribution in [0.1, 0.15) is 46.3 Å². The molecule has 0 aliphatic carbocycles. The lowest BCUT2D eigenvalue weighted by atomic mass is 9.96. The van der Waals surface area contributed by atoms with Gasteiger partial charge < -0.3 is 10.4 Å². The van der Waals surface area contributed by atoms with Crippen molar-refractivity contribution in [1.82, 2.24) is 5.32 Å². The lowest BCUT2D eigenvalue weighted by Crippen LogP contribution is -2.17. The molecule has 0 fully saturated rings. The van der Waals surface area contributed by atoms with Gasteiger partial charge in [-0.2, -0.15) is 13.2 Å². The zero-order chi connectivity index (χ0) is 18.4. The molecule has 2 rings (SSSR count). The van der Waals surface area contributed by atoms with Crippen molar-refractivity contribution in [3.8, 4) is 0 Å². The van der Waals surface area contributed by atoms with Crippen molar-refractivity contribution >= 4 is 5.97 Å². The van der Waals surface area contributed by atoms with Gasteiger partial charge in [-0.15, -0.1) is 0 Å². The highest BCUT2D eigenvalue weighted by molar-refractivity contribution is 5.87. The summed E-state index contributed by atoms with van der Waals surface area (Å²) in [6.07, 6.45) is -3.65. The van der Waals surface area contributed by atoms with Crippen LogP contribution in [0, 0.1) is 0 Å². The minimum atomic E-state index is -4.33. The molecule has 0 spiro atoms. The molecule has 0 radical (unpaired) electrons. The summed E-state index contributed by atoms with van der Waals surface area (Å²) in [5.41, 5.74) is 1.11. The fraction of sp³-hybridized carbons (Fsp3) is 0.316. The summed E-state index contributed by atoms with van der Waals surface area (Å²) in [7, 11) is 0. The highest BCUT2D eigenvalue weighted by Crippen LogP contribution is 2.31. The summed E-state index contributed by atoms with van der Waals surface area (Å²) in [5.74, 6) is -0.986. The maximum Gasteiger partial charge on any atom is 0.416 e. The van der Waals surface area contributed by atoms with Crippen molar-refractivity contribution in [3.05, 3.63) is 70.8 Å². The van der Waals surface area contributed by atoms with E-state index >= 15 is 0 Å². The summed E-state index contributed by atoms with van der Waals surface area (Å²) in [6, 6.07) is 12.1. The molecule has 6 heteroatoms. The maximum absolute atomic E-state index is 12.8. The van der Waals surface area contributed by atoms with Gasteiger partial charge in [0.25, 0.3) is 0 Å². The molecule has 134 valence electrons. The third-order valence-corrected chi connectivity index (χ3v) is 4.04. The lowest BCUT2D eigenvalue weighted by Gasteiger charge is -2.15. The first-order valence-corrected chi connectivity index (χ1v) is 7.97. The normalized spacial score (nSPS) is 12.8. The fourth-order valence-electron chi connectivity index (χ4n) is 2.55. The second-order valence-corrected chi connectivity index (χ2v) is 6.00. The van der Waals surface area contributed by atoms with Crippen molar-refractivity contribution in [1.29, 1.82) is 0 Å². The Bertz CT molecular complexity index is 729. The Morgan fingerprint density at radius 3 is 2.56 bits per heavy atom. The van der Waals surface area contributed by atoms with Gasteiger partial charge >= 0.3 is 12.1 Å². The zero-order valence-electron chi connectivity index (χ0n) is 13.8. The molecule has 0 aromatic heterocycles. The number of alkyl halides is 3. The Labute approximate surface area is 144 Å². The quantitative estimate of drug-likeness (QED) is 0.712. The largest absolute Gasteiger partial charge is 0.478 e. The van der Waals surface area contributed by atoms with Gasteiger partial charge in [0.2, 0.25) is 0 Å². The molecule has 0 aliphatic rings. The third-order valence-electron chi connectivity index (χ3n) is 4.04.